The molecule has 1 aromatic heterocycles. The van der Waals surface area contributed by atoms with Gasteiger partial charge in [-0.2, -0.15) is 0 Å². The predicted octanol–water partition coefficient (Wildman–Crippen LogP) is 3.28. The van der Waals surface area contributed by atoms with E-state index in [0.29, 0.717) is 0 Å². The van der Waals surface area contributed by atoms with Crippen LogP contribution in [-0.4, -0.2) is 22.3 Å². The molecule has 0 saturated heterocycles. The van der Waals surface area contributed by atoms with Crippen LogP contribution in [0, 0.1) is 6.92 Å². The molecule has 0 aliphatic heterocycles. The molecule has 0 bridgehead atoms. The standard InChI is InChI=1S/C12H21N3S/c1-5-8-13-11-9(4)12(16-7-3)15-10(6-2)14-11/h5-8H2,1-4H3,(H,13,14,15). The lowest BCUT2D eigenvalue weighted by Gasteiger charge is -2.12. The van der Waals surface area contributed by atoms with Crippen LogP contribution in [0.1, 0.15) is 38.6 Å². The van der Waals surface area contributed by atoms with Crippen molar-refractivity contribution < 1.29 is 0 Å². The number of nitrogens with zero attached hydrogens (tertiary/aromatic N) is 2. The summed E-state index contributed by atoms with van der Waals surface area (Å²) in [7, 11) is 0. The second-order valence-electron chi connectivity index (χ2n) is 3.63. The normalized spacial score (nSPS) is 10.5. The molecule has 0 unspecified atom stereocenters. The fourth-order valence-corrected chi connectivity index (χ4v) is 2.15. The number of rotatable bonds is 6. The van der Waals surface area contributed by atoms with Crippen LogP contribution in [0.15, 0.2) is 5.03 Å². The van der Waals surface area contributed by atoms with Gasteiger partial charge < -0.3 is 5.32 Å². The Balaban J connectivity index is 2.99. The van der Waals surface area contributed by atoms with Gasteiger partial charge in [-0.15, -0.1) is 11.8 Å². The van der Waals surface area contributed by atoms with Crippen LogP contribution in [-0.2, 0) is 6.42 Å². The van der Waals surface area contributed by atoms with Crippen LogP contribution >= 0.6 is 11.8 Å². The van der Waals surface area contributed by atoms with E-state index in [4.69, 9.17) is 0 Å². The monoisotopic (exact) mass is 239 g/mol. The summed E-state index contributed by atoms with van der Waals surface area (Å²) in [6.07, 6.45) is 2.00. The van der Waals surface area contributed by atoms with Gasteiger partial charge in [0.05, 0.1) is 0 Å². The Labute approximate surface area is 102 Å². The maximum atomic E-state index is 4.56. The number of aryl methyl sites for hydroxylation is 1. The number of hydrogen-bond acceptors (Lipinski definition) is 4. The van der Waals surface area contributed by atoms with Gasteiger partial charge >= 0.3 is 0 Å². The summed E-state index contributed by atoms with van der Waals surface area (Å²) in [6, 6.07) is 0. The minimum absolute atomic E-state index is 0.887. The second kappa shape index (κ2) is 6.74. The first kappa shape index (κ1) is 13.3. The Morgan fingerprint density at radius 2 is 1.94 bits per heavy atom. The molecule has 0 saturated carbocycles. The van der Waals surface area contributed by atoms with Crippen LogP contribution < -0.4 is 5.32 Å². The lowest BCUT2D eigenvalue weighted by atomic mass is 10.3. The topological polar surface area (TPSA) is 37.8 Å². The highest BCUT2D eigenvalue weighted by Crippen LogP contribution is 2.24. The quantitative estimate of drug-likeness (QED) is 0.610. The molecule has 16 heavy (non-hydrogen) atoms. The Morgan fingerprint density at radius 1 is 1.19 bits per heavy atom. The largest absolute Gasteiger partial charge is 0.370 e. The first-order chi connectivity index (χ1) is 7.72. The molecule has 0 aliphatic carbocycles. The van der Waals surface area contributed by atoms with E-state index in [-0.39, 0.29) is 0 Å². The van der Waals surface area contributed by atoms with E-state index in [1.54, 1.807) is 11.8 Å². The lowest BCUT2D eigenvalue weighted by Crippen LogP contribution is -2.08. The minimum Gasteiger partial charge on any atom is -0.370 e. The molecule has 0 aliphatic rings. The van der Waals surface area contributed by atoms with Crippen molar-refractivity contribution in [1.82, 2.24) is 9.97 Å². The Kier molecular flexibility index (Phi) is 5.60. The molecule has 1 N–H and O–H groups in total. The van der Waals surface area contributed by atoms with Crippen molar-refractivity contribution in [3.05, 3.63) is 11.4 Å². The van der Waals surface area contributed by atoms with E-state index in [1.165, 1.54) is 5.56 Å². The molecule has 1 rings (SSSR count). The Hall–Kier alpha value is -0.770. The van der Waals surface area contributed by atoms with E-state index < -0.39 is 0 Å². The van der Waals surface area contributed by atoms with Crippen molar-refractivity contribution in [2.24, 2.45) is 0 Å². The molecule has 1 heterocycles. The van der Waals surface area contributed by atoms with Crippen molar-refractivity contribution in [2.75, 3.05) is 17.6 Å². The van der Waals surface area contributed by atoms with Gasteiger partial charge in [-0.05, 0) is 19.1 Å². The second-order valence-corrected chi connectivity index (χ2v) is 4.88. The maximum absolute atomic E-state index is 4.56. The number of aromatic nitrogens is 2. The SMILES string of the molecule is CCCNc1nc(CC)nc(SCC)c1C. The average molecular weight is 239 g/mol. The van der Waals surface area contributed by atoms with Crippen LogP contribution in [0.3, 0.4) is 0 Å². The van der Waals surface area contributed by atoms with Crippen molar-refractivity contribution in [3.63, 3.8) is 0 Å². The van der Waals surface area contributed by atoms with Crippen LogP contribution in [0.25, 0.3) is 0 Å². The molecule has 0 fully saturated rings. The maximum Gasteiger partial charge on any atom is 0.133 e. The zero-order valence-corrected chi connectivity index (χ0v) is 11.4. The summed E-state index contributed by atoms with van der Waals surface area (Å²) in [4.78, 5) is 9.10. The smallest absolute Gasteiger partial charge is 0.133 e. The van der Waals surface area contributed by atoms with E-state index in [0.717, 1.165) is 41.8 Å². The summed E-state index contributed by atoms with van der Waals surface area (Å²) in [5, 5.41) is 4.49. The molecule has 0 spiro atoms. The summed E-state index contributed by atoms with van der Waals surface area (Å²) in [6.45, 7) is 9.46. The molecular formula is C12H21N3S. The Morgan fingerprint density at radius 3 is 2.50 bits per heavy atom. The van der Waals surface area contributed by atoms with Crippen molar-refractivity contribution in [1.29, 1.82) is 0 Å². The highest BCUT2D eigenvalue weighted by molar-refractivity contribution is 7.99. The first-order valence-electron chi connectivity index (χ1n) is 5.97. The van der Waals surface area contributed by atoms with Gasteiger partial charge in [0.2, 0.25) is 0 Å². The van der Waals surface area contributed by atoms with E-state index in [1.807, 2.05) is 0 Å². The molecular weight excluding hydrogens is 218 g/mol. The molecule has 0 atom stereocenters. The third-order valence-electron chi connectivity index (χ3n) is 2.29. The van der Waals surface area contributed by atoms with Gasteiger partial charge in [0.1, 0.15) is 16.7 Å². The molecule has 3 nitrogen and oxygen atoms in total. The molecule has 0 amide bonds. The van der Waals surface area contributed by atoms with Crippen molar-refractivity contribution >= 4 is 17.6 Å². The minimum atomic E-state index is 0.887. The first-order valence-corrected chi connectivity index (χ1v) is 6.95. The molecule has 0 radical (unpaired) electrons. The molecule has 0 aromatic carbocycles. The zero-order chi connectivity index (χ0) is 12.0. The highest BCUT2D eigenvalue weighted by Gasteiger charge is 2.09. The summed E-state index contributed by atoms with van der Waals surface area (Å²) < 4.78 is 0. The summed E-state index contributed by atoms with van der Waals surface area (Å²) in [5.74, 6) is 2.98. The van der Waals surface area contributed by atoms with E-state index >= 15 is 0 Å². The summed E-state index contributed by atoms with van der Waals surface area (Å²) >= 11 is 1.79. The van der Waals surface area contributed by atoms with Crippen LogP contribution in [0.4, 0.5) is 5.82 Å². The number of thioether (sulfide) groups is 1. The van der Waals surface area contributed by atoms with Gasteiger partial charge in [-0.3, -0.25) is 0 Å². The zero-order valence-electron chi connectivity index (χ0n) is 10.6. The van der Waals surface area contributed by atoms with Crippen molar-refractivity contribution in [2.45, 2.75) is 45.6 Å². The van der Waals surface area contributed by atoms with Crippen molar-refractivity contribution in [3.8, 4) is 0 Å². The number of nitrogens with one attached hydrogen (secondary N) is 1. The molecule has 4 heteroatoms. The van der Waals surface area contributed by atoms with Crippen LogP contribution in [0.5, 0.6) is 0 Å². The molecule has 90 valence electrons. The third-order valence-corrected chi connectivity index (χ3v) is 3.25. The van der Waals surface area contributed by atoms with Gasteiger partial charge in [0.25, 0.3) is 0 Å². The van der Waals surface area contributed by atoms with E-state index in [2.05, 4.69) is 43.0 Å². The van der Waals surface area contributed by atoms with Crippen LogP contribution in [0.2, 0.25) is 0 Å². The fourth-order valence-electron chi connectivity index (χ4n) is 1.39. The fraction of sp³-hybridized carbons (Fsp3) is 0.667. The van der Waals surface area contributed by atoms with Gasteiger partial charge in [-0.1, -0.05) is 20.8 Å². The number of anilines is 1. The summed E-state index contributed by atoms with van der Waals surface area (Å²) in [5.41, 5.74) is 1.18. The lowest BCUT2D eigenvalue weighted by molar-refractivity contribution is 0.861. The molecule has 1 aromatic rings. The van der Waals surface area contributed by atoms with Gasteiger partial charge in [-0.25, -0.2) is 9.97 Å². The predicted molar refractivity (Wildman–Crippen MR) is 71.3 cm³/mol. The Bertz CT molecular complexity index is 339. The average Bonchev–Trinajstić information content (AvgIpc) is 2.30. The highest BCUT2D eigenvalue weighted by atomic mass is 32.2. The number of hydrogen-bond donors (Lipinski definition) is 1. The van der Waals surface area contributed by atoms with E-state index in [9.17, 15) is 0 Å². The third kappa shape index (κ3) is 3.37. The van der Waals surface area contributed by atoms with Gasteiger partial charge in [0.15, 0.2) is 0 Å². The van der Waals surface area contributed by atoms with Gasteiger partial charge in [0, 0.05) is 18.5 Å².